The number of nitrogens with two attached hydrogens (primary N) is 1. The first-order valence-corrected chi connectivity index (χ1v) is 5.65. The summed E-state index contributed by atoms with van der Waals surface area (Å²) in [5.74, 6) is -0.351. The molecule has 0 bridgehead atoms. The van der Waals surface area contributed by atoms with E-state index in [1.165, 1.54) is 0 Å². The number of aromatic nitrogens is 2. The van der Waals surface area contributed by atoms with Gasteiger partial charge >= 0.3 is 0 Å². The van der Waals surface area contributed by atoms with Crippen molar-refractivity contribution in [3.8, 4) is 0 Å². The van der Waals surface area contributed by atoms with Crippen LogP contribution < -0.4 is 11.1 Å². The van der Waals surface area contributed by atoms with E-state index < -0.39 is 6.04 Å². The summed E-state index contributed by atoms with van der Waals surface area (Å²) in [5.41, 5.74) is 7.22. The van der Waals surface area contributed by atoms with Crippen LogP contribution in [-0.2, 0) is 18.3 Å². The van der Waals surface area contributed by atoms with Crippen molar-refractivity contribution in [1.29, 1.82) is 0 Å². The SMILES string of the molecule is CCCNC(C(N)=O)c1cn(C)nc1CC. The van der Waals surface area contributed by atoms with Crippen LogP contribution in [0.1, 0.15) is 37.6 Å². The Labute approximate surface area is 96.0 Å². The monoisotopic (exact) mass is 224 g/mol. The molecule has 1 rings (SSSR count). The van der Waals surface area contributed by atoms with Gasteiger partial charge in [0.2, 0.25) is 5.91 Å². The predicted octanol–water partition coefficient (Wildman–Crippen LogP) is 0.508. The lowest BCUT2D eigenvalue weighted by Crippen LogP contribution is -2.34. The van der Waals surface area contributed by atoms with E-state index in [0.29, 0.717) is 0 Å². The number of rotatable bonds is 6. The third-order valence-electron chi connectivity index (χ3n) is 2.47. The first-order valence-electron chi connectivity index (χ1n) is 5.65. The van der Waals surface area contributed by atoms with Crippen molar-refractivity contribution < 1.29 is 4.79 Å². The molecule has 0 aliphatic rings. The molecule has 1 amide bonds. The fourth-order valence-corrected chi connectivity index (χ4v) is 1.72. The standard InChI is InChI=1S/C11H20N4O/c1-4-6-13-10(11(12)16)8-7-15(3)14-9(8)5-2/h7,10,13H,4-6H2,1-3H3,(H2,12,16). The number of nitrogens with one attached hydrogen (secondary N) is 1. The Morgan fingerprint density at radius 1 is 1.62 bits per heavy atom. The summed E-state index contributed by atoms with van der Waals surface area (Å²) in [6.45, 7) is 4.84. The zero-order chi connectivity index (χ0) is 12.1. The molecule has 1 atom stereocenters. The smallest absolute Gasteiger partial charge is 0.239 e. The van der Waals surface area contributed by atoms with Crippen LogP contribution in [0.3, 0.4) is 0 Å². The summed E-state index contributed by atoms with van der Waals surface area (Å²) in [6, 6.07) is -0.427. The van der Waals surface area contributed by atoms with Gasteiger partial charge in [-0.25, -0.2) is 0 Å². The highest BCUT2D eigenvalue weighted by Gasteiger charge is 2.21. The number of amides is 1. The second kappa shape index (κ2) is 5.65. The molecule has 0 aliphatic heterocycles. The maximum absolute atomic E-state index is 11.4. The van der Waals surface area contributed by atoms with E-state index in [9.17, 15) is 4.79 Å². The van der Waals surface area contributed by atoms with Crippen LogP contribution in [0.2, 0.25) is 0 Å². The Bertz CT molecular complexity index is 359. The number of aryl methyl sites for hydroxylation is 2. The molecule has 0 spiro atoms. The van der Waals surface area contributed by atoms with Gasteiger partial charge in [0.15, 0.2) is 0 Å². The molecule has 1 aromatic rings. The normalized spacial score (nSPS) is 12.7. The Kier molecular flexibility index (Phi) is 4.49. The van der Waals surface area contributed by atoms with Crippen LogP contribution in [0.5, 0.6) is 0 Å². The number of hydrogen-bond donors (Lipinski definition) is 2. The van der Waals surface area contributed by atoms with Crippen molar-refractivity contribution in [3.05, 3.63) is 17.5 Å². The summed E-state index contributed by atoms with van der Waals surface area (Å²) >= 11 is 0. The molecule has 5 nitrogen and oxygen atoms in total. The average Bonchev–Trinajstić information content (AvgIpc) is 2.60. The molecule has 3 N–H and O–H groups in total. The van der Waals surface area contributed by atoms with E-state index >= 15 is 0 Å². The molecule has 0 saturated heterocycles. The highest BCUT2D eigenvalue weighted by Crippen LogP contribution is 2.17. The minimum atomic E-state index is -0.427. The van der Waals surface area contributed by atoms with E-state index in [1.54, 1.807) is 4.68 Å². The average molecular weight is 224 g/mol. The van der Waals surface area contributed by atoms with Crippen molar-refractivity contribution in [2.45, 2.75) is 32.7 Å². The Hall–Kier alpha value is -1.36. The predicted molar refractivity (Wildman–Crippen MR) is 62.8 cm³/mol. The highest BCUT2D eigenvalue weighted by molar-refractivity contribution is 5.81. The largest absolute Gasteiger partial charge is 0.368 e. The molecule has 1 heterocycles. The topological polar surface area (TPSA) is 72.9 Å². The summed E-state index contributed by atoms with van der Waals surface area (Å²) in [7, 11) is 1.85. The van der Waals surface area contributed by atoms with Crippen LogP contribution in [-0.4, -0.2) is 22.2 Å². The Morgan fingerprint density at radius 3 is 2.81 bits per heavy atom. The first-order chi connectivity index (χ1) is 7.60. The van der Waals surface area contributed by atoms with E-state index in [2.05, 4.69) is 17.3 Å². The molecule has 1 unspecified atom stereocenters. The van der Waals surface area contributed by atoms with Crippen LogP contribution in [0.4, 0.5) is 0 Å². The number of carbonyl (C=O) groups excluding carboxylic acids is 1. The van der Waals surface area contributed by atoms with Crippen molar-refractivity contribution in [3.63, 3.8) is 0 Å². The highest BCUT2D eigenvalue weighted by atomic mass is 16.1. The molecule has 0 fully saturated rings. The number of nitrogens with zero attached hydrogens (tertiary/aromatic N) is 2. The lowest BCUT2D eigenvalue weighted by molar-refractivity contribution is -0.120. The minimum absolute atomic E-state index is 0.351. The van der Waals surface area contributed by atoms with Gasteiger partial charge in [0.25, 0.3) is 0 Å². The molecular formula is C11H20N4O. The van der Waals surface area contributed by atoms with Crippen molar-refractivity contribution >= 4 is 5.91 Å². The van der Waals surface area contributed by atoms with Gasteiger partial charge in [-0.1, -0.05) is 13.8 Å². The minimum Gasteiger partial charge on any atom is -0.368 e. The first kappa shape index (κ1) is 12.7. The van der Waals surface area contributed by atoms with Gasteiger partial charge in [-0.2, -0.15) is 5.10 Å². The van der Waals surface area contributed by atoms with E-state index in [-0.39, 0.29) is 5.91 Å². The summed E-state index contributed by atoms with van der Waals surface area (Å²) in [6.07, 6.45) is 3.62. The maximum Gasteiger partial charge on any atom is 0.239 e. The number of hydrogen-bond acceptors (Lipinski definition) is 3. The molecule has 90 valence electrons. The molecule has 0 radical (unpaired) electrons. The fraction of sp³-hybridized carbons (Fsp3) is 0.636. The zero-order valence-corrected chi connectivity index (χ0v) is 10.2. The molecule has 0 aromatic carbocycles. The van der Waals surface area contributed by atoms with Crippen molar-refractivity contribution in [2.75, 3.05) is 6.54 Å². The second-order valence-corrected chi connectivity index (χ2v) is 3.85. The van der Waals surface area contributed by atoms with E-state index in [0.717, 1.165) is 30.6 Å². The van der Waals surface area contributed by atoms with Gasteiger partial charge in [0, 0.05) is 18.8 Å². The van der Waals surface area contributed by atoms with Crippen LogP contribution >= 0.6 is 0 Å². The summed E-state index contributed by atoms with van der Waals surface area (Å²) < 4.78 is 1.72. The Morgan fingerprint density at radius 2 is 2.31 bits per heavy atom. The van der Waals surface area contributed by atoms with E-state index in [1.807, 2.05) is 20.2 Å². The van der Waals surface area contributed by atoms with Crippen LogP contribution in [0.15, 0.2) is 6.20 Å². The lowest BCUT2D eigenvalue weighted by Gasteiger charge is -2.14. The number of primary amides is 1. The second-order valence-electron chi connectivity index (χ2n) is 3.85. The third-order valence-corrected chi connectivity index (χ3v) is 2.47. The van der Waals surface area contributed by atoms with Gasteiger partial charge in [-0.3, -0.25) is 9.48 Å². The molecular weight excluding hydrogens is 204 g/mol. The van der Waals surface area contributed by atoms with Gasteiger partial charge in [0.05, 0.1) is 5.69 Å². The van der Waals surface area contributed by atoms with Gasteiger partial charge < -0.3 is 11.1 Å². The lowest BCUT2D eigenvalue weighted by atomic mass is 10.1. The van der Waals surface area contributed by atoms with Crippen molar-refractivity contribution in [1.82, 2.24) is 15.1 Å². The maximum atomic E-state index is 11.4. The van der Waals surface area contributed by atoms with Crippen molar-refractivity contribution in [2.24, 2.45) is 12.8 Å². The number of carbonyl (C=O) groups is 1. The van der Waals surface area contributed by atoms with Gasteiger partial charge in [-0.05, 0) is 19.4 Å². The van der Waals surface area contributed by atoms with Gasteiger partial charge in [-0.15, -0.1) is 0 Å². The Balaban J connectivity index is 2.95. The third kappa shape index (κ3) is 2.82. The van der Waals surface area contributed by atoms with Crippen LogP contribution in [0, 0.1) is 0 Å². The quantitative estimate of drug-likeness (QED) is 0.739. The molecule has 16 heavy (non-hydrogen) atoms. The molecule has 0 saturated carbocycles. The fourth-order valence-electron chi connectivity index (χ4n) is 1.72. The van der Waals surface area contributed by atoms with Crippen LogP contribution in [0.25, 0.3) is 0 Å². The molecule has 0 aliphatic carbocycles. The zero-order valence-electron chi connectivity index (χ0n) is 10.2. The summed E-state index contributed by atoms with van der Waals surface area (Å²) in [5, 5.41) is 7.45. The summed E-state index contributed by atoms with van der Waals surface area (Å²) in [4.78, 5) is 11.4. The van der Waals surface area contributed by atoms with Gasteiger partial charge in [0.1, 0.15) is 6.04 Å². The van der Waals surface area contributed by atoms with E-state index in [4.69, 9.17) is 5.73 Å². The molecule has 1 aromatic heterocycles. The molecule has 5 heteroatoms.